The number of rotatable bonds is 9. The van der Waals surface area contributed by atoms with E-state index in [1.54, 1.807) is 6.07 Å². The van der Waals surface area contributed by atoms with Gasteiger partial charge in [-0.3, -0.25) is 14.4 Å². The second kappa shape index (κ2) is 11.0. The number of hydrogen-bond acceptors (Lipinski definition) is 4. The van der Waals surface area contributed by atoms with Gasteiger partial charge in [0.1, 0.15) is 30.4 Å². The lowest BCUT2D eigenvalue weighted by molar-refractivity contribution is -0.127. The topological polar surface area (TPSA) is 120 Å². The average Bonchev–Trinajstić information content (AvgIpc) is 3.46. The predicted molar refractivity (Wildman–Crippen MR) is 125 cm³/mol. The van der Waals surface area contributed by atoms with Crippen LogP contribution in [0.15, 0.2) is 30.3 Å². The maximum absolute atomic E-state index is 14.0. The predicted octanol–water partition coefficient (Wildman–Crippen LogP) is 2.34. The number of aromatic nitrogens is 1. The van der Waals surface area contributed by atoms with Crippen molar-refractivity contribution in [1.82, 2.24) is 20.9 Å². The van der Waals surface area contributed by atoms with Crippen molar-refractivity contribution in [2.45, 2.75) is 63.0 Å². The highest BCUT2D eigenvalue weighted by Crippen LogP contribution is 2.32. The van der Waals surface area contributed by atoms with Crippen LogP contribution in [-0.4, -0.2) is 60.0 Å². The number of halogens is 2. The summed E-state index contributed by atoms with van der Waals surface area (Å²) in [4.78, 5) is 52.7. The molecule has 188 valence electrons. The van der Waals surface area contributed by atoms with Crippen LogP contribution in [0.1, 0.15) is 49.0 Å². The molecule has 8 nitrogen and oxygen atoms in total. The Bertz CT molecular complexity index is 1060. The first-order valence-electron chi connectivity index (χ1n) is 12.0. The van der Waals surface area contributed by atoms with E-state index in [9.17, 15) is 28.0 Å². The molecule has 2 aliphatic rings. The first-order valence-corrected chi connectivity index (χ1v) is 12.0. The van der Waals surface area contributed by atoms with E-state index in [1.807, 2.05) is 24.3 Å². The fraction of sp³-hybridized carbons (Fsp3) is 0.520. The molecule has 2 heterocycles. The molecule has 2 aromatic rings. The van der Waals surface area contributed by atoms with Gasteiger partial charge in [-0.25, -0.2) is 8.78 Å². The standard InChI is InChI=1S/C25H30F2N4O4/c26-18-6-5-14(9-19(18)27)10-21(24(34)29-17(13-32)11-16-7-8-28-23(16)33)31-25(35)22-12-15-3-1-2-4-20(15)30-22/h1-4,12-14,16-19,21,30H,5-11H2,(H,28,33)(H,29,34)(H,31,35)/t14?,16-,17?,18?,19?,21-/m0/s1. The third-order valence-electron chi connectivity index (χ3n) is 6.96. The highest BCUT2D eigenvalue weighted by Gasteiger charge is 2.35. The van der Waals surface area contributed by atoms with Crippen molar-refractivity contribution in [1.29, 1.82) is 0 Å². The summed E-state index contributed by atoms with van der Waals surface area (Å²) in [5.74, 6) is -1.95. The average molecular weight is 489 g/mol. The highest BCUT2D eigenvalue weighted by atomic mass is 19.2. The monoisotopic (exact) mass is 488 g/mol. The molecule has 4 rings (SSSR count). The lowest BCUT2D eigenvalue weighted by Crippen LogP contribution is -2.51. The normalized spacial score (nSPS) is 26.1. The summed E-state index contributed by atoms with van der Waals surface area (Å²) in [5.41, 5.74) is 1.02. The van der Waals surface area contributed by atoms with Gasteiger partial charge in [0, 0.05) is 23.4 Å². The van der Waals surface area contributed by atoms with E-state index < -0.39 is 36.2 Å². The van der Waals surface area contributed by atoms with Crippen molar-refractivity contribution in [3.8, 4) is 0 Å². The number of carbonyl (C=O) groups is 4. The molecule has 1 saturated carbocycles. The Kier molecular flexibility index (Phi) is 7.77. The highest BCUT2D eigenvalue weighted by molar-refractivity contribution is 6.00. The fourth-order valence-electron chi connectivity index (χ4n) is 4.98. The molecule has 1 aromatic carbocycles. The van der Waals surface area contributed by atoms with E-state index in [4.69, 9.17) is 0 Å². The molecule has 3 amide bonds. The van der Waals surface area contributed by atoms with Crippen LogP contribution in [0, 0.1) is 11.8 Å². The summed E-state index contributed by atoms with van der Waals surface area (Å²) in [6, 6.07) is 7.04. The van der Waals surface area contributed by atoms with Gasteiger partial charge in [0.15, 0.2) is 0 Å². The zero-order valence-corrected chi connectivity index (χ0v) is 19.3. The molecule has 0 radical (unpaired) electrons. The SMILES string of the molecule is O=CC(C[C@@H]1CCNC1=O)NC(=O)[C@H](CC1CCC(F)C(F)C1)NC(=O)c1cc2ccccc2[nH]1. The van der Waals surface area contributed by atoms with E-state index in [1.165, 1.54) is 0 Å². The van der Waals surface area contributed by atoms with Crippen LogP contribution in [0.25, 0.3) is 10.9 Å². The molecule has 4 unspecified atom stereocenters. The lowest BCUT2D eigenvalue weighted by Gasteiger charge is -2.30. The summed E-state index contributed by atoms with van der Waals surface area (Å²) < 4.78 is 27.6. The molecule has 0 spiro atoms. The van der Waals surface area contributed by atoms with Crippen molar-refractivity contribution in [3.05, 3.63) is 36.0 Å². The molecule has 35 heavy (non-hydrogen) atoms. The Labute approximate surface area is 201 Å². The number of alkyl halides is 2. The van der Waals surface area contributed by atoms with E-state index in [-0.39, 0.29) is 49.1 Å². The maximum Gasteiger partial charge on any atom is 0.268 e. The van der Waals surface area contributed by atoms with Gasteiger partial charge in [-0.2, -0.15) is 0 Å². The van der Waals surface area contributed by atoms with Gasteiger partial charge >= 0.3 is 0 Å². The minimum atomic E-state index is -1.61. The van der Waals surface area contributed by atoms with Gasteiger partial charge in [-0.1, -0.05) is 18.2 Å². The lowest BCUT2D eigenvalue weighted by atomic mass is 9.82. The zero-order chi connectivity index (χ0) is 24.9. The van der Waals surface area contributed by atoms with E-state index in [0.29, 0.717) is 25.7 Å². The Hall–Kier alpha value is -3.30. The number of aldehydes is 1. The van der Waals surface area contributed by atoms with Crippen LogP contribution < -0.4 is 16.0 Å². The first-order chi connectivity index (χ1) is 16.8. The van der Waals surface area contributed by atoms with Crippen LogP contribution in [0.2, 0.25) is 0 Å². The number of carbonyl (C=O) groups excluding carboxylic acids is 4. The fourth-order valence-corrected chi connectivity index (χ4v) is 4.98. The maximum atomic E-state index is 14.0. The zero-order valence-electron chi connectivity index (χ0n) is 19.3. The van der Waals surface area contributed by atoms with Gasteiger partial charge in [-0.05, 0) is 56.6 Å². The molecule has 1 aliphatic carbocycles. The molecule has 1 aliphatic heterocycles. The van der Waals surface area contributed by atoms with E-state index in [2.05, 4.69) is 20.9 Å². The Morgan fingerprint density at radius 2 is 1.89 bits per heavy atom. The molecule has 10 heteroatoms. The molecular formula is C25H30F2N4O4. The van der Waals surface area contributed by atoms with Gasteiger partial charge in [0.25, 0.3) is 5.91 Å². The number of benzene rings is 1. The molecule has 0 bridgehead atoms. The van der Waals surface area contributed by atoms with Gasteiger partial charge in [0.2, 0.25) is 11.8 Å². The Balaban J connectivity index is 1.47. The minimum Gasteiger partial charge on any atom is -0.356 e. The number of H-pyrrole nitrogens is 1. The number of hydrogen-bond donors (Lipinski definition) is 4. The summed E-state index contributed by atoms with van der Waals surface area (Å²) >= 11 is 0. The number of aromatic amines is 1. The number of fused-ring (bicyclic) bond motifs is 1. The van der Waals surface area contributed by atoms with Crippen LogP contribution in [0.4, 0.5) is 8.78 Å². The van der Waals surface area contributed by atoms with Crippen LogP contribution in [0.5, 0.6) is 0 Å². The van der Waals surface area contributed by atoms with E-state index in [0.717, 1.165) is 10.9 Å². The molecule has 4 N–H and O–H groups in total. The van der Waals surface area contributed by atoms with Crippen molar-refractivity contribution < 1.29 is 28.0 Å². The van der Waals surface area contributed by atoms with Crippen molar-refractivity contribution >= 4 is 34.9 Å². The first kappa shape index (κ1) is 24.8. The molecule has 1 aromatic heterocycles. The smallest absolute Gasteiger partial charge is 0.268 e. The van der Waals surface area contributed by atoms with Gasteiger partial charge in [-0.15, -0.1) is 0 Å². The Morgan fingerprint density at radius 3 is 2.57 bits per heavy atom. The van der Waals surface area contributed by atoms with Crippen LogP contribution in [-0.2, 0) is 14.4 Å². The van der Waals surface area contributed by atoms with Crippen LogP contribution >= 0.6 is 0 Å². The summed E-state index contributed by atoms with van der Waals surface area (Å²) in [6.45, 7) is 0.522. The van der Waals surface area contributed by atoms with Crippen molar-refractivity contribution in [2.75, 3.05) is 6.54 Å². The third kappa shape index (κ3) is 6.04. The number of amides is 3. The summed E-state index contributed by atoms with van der Waals surface area (Å²) in [6.07, 6.45) is -1.29. The van der Waals surface area contributed by atoms with Crippen LogP contribution in [0.3, 0.4) is 0 Å². The van der Waals surface area contributed by atoms with Gasteiger partial charge < -0.3 is 25.7 Å². The number of para-hydroxylation sites is 1. The Morgan fingerprint density at radius 1 is 1.09 bits per heavy atom. The number of nitrogens with one attached hydrogen (secondary N) is 4. The minimum absolute atomic E-state index is 0.0352. The summed E-state index contributed by atoms with van der Waals surface area (Å²) in [5, 5.41) is 8.86. The van der Waals surface area contributed by atoms with Crippen molar-refractivity contribution in [3.63, 3.8) is 0 Å². The third-order valence-corrected chi connectivity index (χ3v) is 6.96. The van der Waals surface area contributed by atoms with Crippen molar-refractivity contribution in [2.24, 2.45) is 11.8 Å². The quantitative estimate of drug-likeness (QED) is 0.405. The second-order valence-electron chi connectivity index (χ2n) is 9.51. The molecule has 1 saturated heterocycles. The molecular weight excluding hydrogens is 458 g/mol. The molecule has 6 atom stereocenters. The van der Waals surface area contributed by atoms with Gasteiger partial charge in [0.05, 0.1) is 6.04 Å². The van der Waals surface area contributed by atoms with E-state index >= 15 is 0 Å². The summed E-state index contributed by atoms with van der Waals surface area (Å²) in [7, 11) is 0. The second-order valence-corrected chi connectivity index (χ2v) is 9.51. The largest absolute Gasteiger partial charge is 0.356 e. The molecule has 2 fully saturated rings.